The molecule has 0 spiro atoms. The Bertz CT molecular complexity index is 546. The maximum absolute atomic E-state index is 11.3. The molecule has 19 heavy (non-hydrogen) atoms. The maximum Gasteiger partial charge on any atom is 0.250 e. The van der Waals surface area contributed by atoms with Gasteiger partial charge in [0.25, 0.3) is 0 Å². The molecule has 0 fully saturated rings. The van der Waals surface area contributed by atoms with Crippen molar-refractivity contribution in [1.29, 1.82) is 0 Å². The molecule has 1 aromatic heterocycles. The second kappa shape index (κ2) is 6.15. The molecule has 5 nitrogen and oxygen atoms in total. The third-order valence-corrected chi connectivity index (χ3v) is 2.66. The molecule has 1 heterocycles. The lowest BCUT2D eigenvalue weighted by Crippen LogP contribution is -2.16. The zero-order chi connectivity index (χ0) is 13.7. The summed E-state index contributed by atoms with van der Waals surface area (Å²) < 4.78 is 6.54. The topological polar surface area (TPSA) is 56.1 Å². The molecule has 0 unspecified atom stereocenters. The zero-order valence-corrected chi connectivity index (χ0v) is 11.1. The van der Waals surface area contributed by atoms with Crippen molar-refractivity contribution in [2.45, 2.75) is 13.5 Å². The molecule has 0 atom stereocenters. The van der Waals surface area contributed by atoms with Gasteiger partial charge < -0.3 is 10.1 Å². The van der Waals surface area contributed by atoms with Crippen molar-refractivity contribution in [3.05, 3.63) is 47.8 Å². The molecule has 0 aliphatic heterocycles. The van der Waals surface area contributed by atoms with Gasteiger partial charge in [0.1, 0.15) is 6.61 Å². The average molecular weight is 259 g/mol. The van der Waals surface area contributed by atoms with Crippen molar-refractivity contribution in [3.63, 3.8) is 0 Å². The number of nitrogens with zero attached hydrogens (tertiary/aromatic N) is 2. The maximum atomic E-state index is 11.3. The Morgan fingerprint density at radius 1 is 1.37 bits per heavy atom. The predicted molar refractivity (Wildman–Crippen MR) is 73.0 cm³/mol. The van der Waals surface area contributed by atoms with Crippen molar-refractivity contribution >= 4 is 11.6 Å². The molecule has 0 bridgehead atoms. The van der Waals surface area contributed by atoms with Crippen LogP contribution in [0.5, 0.6) is 0 Å². The molecule has 0 radical (unpaired) electrons. The summed E-state index contributed by atoms with van der Waals surface area (Å²) in [5, 5.41) is 6.92. The molecule has 0 saturated heterocycles. The number of amides is 1. The van der Waals surface area contributed by atoms with Gasteiger partial charge in [0.15, 0.2) is 0 Å². The van der Waals surface area contributed by atoms with Gasteiger partial charge in [-0.3, -0.25) is 9.48 Å². The van der Waals surface area contributed by atoms with E-state index in [0.29, 0.717) is 12.2 Å². The van der Waals surface area contributed by atoms with Crippen molar-refractivity contribution in [2.24, 2.45) is 0 Å². The Kier molecular flexibility index (Phi) is 4.30. The summed E-state index contributed by atoms with van der Waals surface area (Å²) in [6, 6.07) is 8.28. The summed E-state index contributed by atoms with van der Waals surface area (Å²) in [6.07, 6.45) is 3.43. The Morgan fingerprint density at radius 3 is 2.79 bits per heavy atom. The van der Waals surface area contributed by atoms with Crippen LogP contribution in [-0.4, -0.2) is 29.4 Å². The number of rotatable bonds is 5. The lowest BCUT2D eigenvalue weighted by Gasteiger charge is -2.02. The first-order valence-corrected chi connectivity index (χ1v) is 6.04. The summed E-state index contributed by atoms with van der Waals surface area (Å²) >= 11 is 0. The predicted octanol–water partition coefficient (Wildman–Crippen LogP) is 1.82. The van der Waals surface area contributed by atoms with Gasteiger partial charge in [-0.05, 0) is 12.5 Å². The minimum absolute atomic E-state index is 0.0448. The normalized spacial score (nSPS) is 10.4. The summed E-state index contributed by atoms with van der Waals surface area (Å²) in [5.41, 5.74) is 3.08. The molecule has 2 aromatic rings. The van der Waals surface area contributed by atoms with E-state index in [1.54, 1.807) is 17.1 Å². The quantitative estimate of drug-likeness (QED) is 0.891. The van der Waals surface area contributed by atoms with Crippen molar-refractivity contribution < 1.29 is 9.53 Å². The van der Waals surface area contributed by atoms with Crippen LogP contribution in [-0.2, 0) is 16.1 Å². The highest BCUT2D eigenvalue weighted by Gasteiger charge is 2.04. The first-order valence-electron chi connectivity index (χ1n) is 6.04. The van der Waals surface area contributed by atoms with Gasteiger partial charge in [0.05, 0.1) is 18.4 Å². The van der Waals surface area contributed by atoms with E-state index in [-0.39, 0.29) is 12.5 Å². The smallest absolute Gasteiger partial charge is 0.250 e. The van der Waals surface area contributed by atoms with Gasteiger partial charge >= 0.3 is 0 Å². The minimum atomic E-state index is -0.183. The fraction of sp³-hybridized carbons (Fsp3) is 0.286. The highest BCUT2D eigenvalue weighted by Crippen LogP contribution is 2.09. The number of aromatic nitrogens is 2. The van der Waals surface area contributed by atoms with Crippen LogP contribution in [0.15, 0.2) is 36.7 Å². The van der Waals surface area contributed by atoms with Crippen LogP contribution in [0.2, 0.25) is 0 Å². The van der Waals surface area contributed by atoms with E-state index in [1.807, 2.05) is 0 Å². The first-order chi connectivity index (χ1) is 9.17. The number of anilines is 1. The Morgan fingerprint density at radius 2 is 2.11 bits per heavy atom. The number of methoxy groups -OCH3 is 1. The van der Waals surface area contributed by atoms with E-state index in [1.165, 1.54) is 18.2 Å². The highest BCUT2D eigenvalue weighted by atomic mass is 16.5. The molecule has 0 aliphatic rings. The number of ether oxygens (including phenoxy) is 1. The second-order valence-corrected chi connectivity index (χ2v) is 4.39. The van der Waals surface area contributed by atoms with Gasteiger partial charge in [0.2, 0.25) is 5.91 Å². The monoisotopic (exact) mass is 259 g/mol. The van der Waals surface area contributed by atoms with Crippen LogP contribution in [0.1, 0.15) is 11.1 Å². The van der Waals surface area contributed by atoms with Crippen molar-refractivity contribution in [1.82, 2.24) is 9.78 Å². The third kappa shape index (κ3) is 3.93. The molecular weight excluding hydrogens is 242 g/mol. The number of benzene rings is 1. The number of carbonyl (C=O) groups is 1. The Balaban J connectivity index is 1.97. The molecule has 1 aromatic carbocycles. The second-order valence-electron chi connectivity index (χ2n) is 4.39. The fourth-order valence-corrected chi connectivity index (χ4v) is 1.72. The highest BCUT2D eigenvalue weighted by molar-refractivity contribution is 5.91. The van der Waals surface area contributed by atoms with Gasteiger partial charge in [0, 0.05) is 13.3 Å². The first kappa shape index (κ1) is 13.3. The average Bonchev–Trinajstić information content (AvgIpc) is 2.80. The van der Waals surface area contributed by atoms with Crippen LogP contribution in [0.25, 0.3) is 0 Å². The Labute approximate surface area is 112 Å². The summed E-state index contributed by atoms with van der Waals surface area (Å²) in [4.78, 5) is 11.3. The third-order valence-electron chi connectivity index (χ3n) is 2.66. The van der Waals surface area contributed by atoms with E-state index in [4.69, 9.17) is 4.74 Å². The van der Waals surface area contributed by atoms with E-state index in [0.717, 1.165) is 0 Å². The minimum Gasteiger partial charge on any atom is -0.375 e. The van der Waals surface area contributed by atoms with Gasteiger partial charge in [-0.25, -0.2) is 0 Å². The number of carbonyl (C=O) groups excluding carboxylic acids is 1. The number of hydrogen-bond donors (Lipinski definition) is 1. The summed E-state index contributed by atoms with van der Waals surface area (Å²) in [6.45, 7) is 2.78. The molecule has 2 rings (SSSR count). The van der Waals surface area contributed by atoms with Crippen LogP contribution in [0.4, 0.5) is 5.69 Å². The zero-order valence-electron chi connectivity index (χ0n) is 11.1. The van der Waals surface area contributed by atoms with Crippen LogP contribution >= 0.6 is 0 Å². The number of hydrogen-bond acceptors (Lipinski definition) is 3. The van der Waals surface area contributed by atoms with Gasteiger partial charge in [-0.1, -0.05) is 29.8 Å². The standard InChI is InChI=1S/C14H17N3O2/c1-11-3-5-12(6-4-11)8-17-9-13(7-15-17)16-14(18)10-19-2/h3-7,9H,8,10H2,1-2H3,(H,16,18). The number of aryl methyl sites for hydroxylation is 1. The number of nitrogens with one attached hydrogen (secondary N) is 1. The molecule has 100 valence electrons. The summed E-state index contributed by atoms with van der Waals surface area (Å²) in [7, 11) is 1.49. The van der Waals surface area contributed by atoms with Crippen LogP contribution in [0.3, 0.4) is 0 Å². The molecular formula is C14H17N3O2. The fourth-order valence-electron chi connectivity index (χ4n) is 1.72. The Hall–Kier alpha value is -2.14. The van der Waals surface area contributed by atoms with Crippen molar-refractivity contribution in [2.75, 3.05) is 19.0 Å². The van der Waals surface area contributed by atoms with Gasteiger partial charge in [-0.2, -0.15) is 5.10 Å². The largest absolute Gasteiger partial charge is 0.375 e. The lowest BCUT2D eigenvalue weighted by molar-refractivity contribution is -0.119. The van der Waals surface area contributed by atoms with E-state index in [9.17, 15) is 4.79 Å². The molecule has 1 amide bonds. The van der Waals surface area contributed by atoms with E-state index in [2.05, 4.69) is 41.6 Å². The molecule has 1 N–H and O–H groups in total. The molecule has 0 aliphatic carbocycles. The summed E-state index contributed by atoms with van der Waals surface area (Å²) in [5.74, 6) is -0.183. The SMILES string of the molecule is COCC(=O)Nc1cnn(Cc2ccc(C)cc2)c1. The molecule has 5 heteroatoms. The van der Waals surface area contributed by atoms with Crippen LogP contribution < -0.4 is 5.32 Å². The van der Waals surface area contributed by atoms with E-state index < -0.39 is 0 Å². The van der Waals surface area contributed by atoms with Gasteiger partial charge in [-0.15, -0.1) is 0 Å². The van der Waals surface area contributed by atoms with Crippen LogP contribution in [0, 0.1) is 6.92 Å². The molecule has 0 saturated carbocycles. The van der Waals surface area contributed by atoms with Crippen molar-refractivity contribution in [3.8, 4) is 0 Å². The van der Waals surface area contributed by atoms with E-state index >= 15 is 0 Å². The lowest BCUT2D eigenvalue weighted by atomic mass is 10.1.